The van der Waals surface area contributed by atoms with Crippen LogP contribution in [0.5, 0.6) is 0 Å². The minimum Gasteiger partial charge on any atom is -0.354 e. The molecule has 7 heteroatoms. The van der Waals surface area contributed by atoms with Crippen molar-refractivity contribution in [2.75, 3.05) is 40.8 Å². The van der Waals surface area contributed by atoms with E-state index in [1.165, 1.54) is 44.3 Å². The molecule has 0 radical (unpaired) electrons. The molecule has 2 heterocycles. The Labute approximate surface area is 169 Å². The van der Waals surface area contributed by atoms with Crippen molar-refractivity contribution in [3.8, 4) is 0 Å². The molecule has 1 aromatic heterocycles. The van der Waals surface area contributed by atoms with Gasteiger partial charge in [-0.1, -0.05) is 12.8 Å². The number of rotatable bonds is 4. The zero-order valence-electron chi connectivity index (χ0n) is 16.0. The number of aryl methyl sites for hydroxylation is 1. The van der Waals surface area contributed by atoms with E-state index in [1.807, 2.05) is 25.0 Å². The van der Waals surface area contributed by atoms with Crippen LogP contribution in [0.4, 0.5) is 0 Å². The third-order valence-corrected chi connectivity index (χ3v) is 5.67. The molecule has 0 bridgehead atoms. The predicted octanol–water partition coefficient (Wildman–Crippen LogP) is 2.34. The molecule has 142 valence electrons. The summed E-state index contributed by atoms with van der Waals surface area (Å²) in [5.41, 5.74) is 1.24. The zero-order chi connectivity index (χ0) is 17.1. The molecule has 25 heavy (non-hydrogen) atoms. The monoisotopic (exact) mass is 460 g/mol. The first-order chi connectivity index (χ1) is 11.6. The van der Waals surface area contributed by atoms with Gasteiger partial charge in [0.15, 0.2) is 5.96 Å². The first kappa shape index (κ1) is 20.5. The summed E-state index contributed by atoms with van der Waals surface area (Å²) in [6, 6.07) is 0.292. The predicted molar refractivity (Wildman–Crippen MR) is 113 cm³/mol. The molecule has 1 saturated carbocycles. The third kappa shape index (κ3) is 4.87. The second-order valence-electron chi connectivity index (χ2n) is 7.56. The number of aromatic nitrogens is 2. The van der Waals surface area contributed by atoms with E-state index in [4.69, 9.17) is 0 Å². The first-order valence-corrected chi connectivity index (χ1v) is 9.19. The fraction of sp³-hybridized carbons (Fsp3) is 0.778. The summed E-state index contributed by atoms with van der Waals surface area (Å²) in [6.07, 6.45) is 9.66. The lowest BCUT2D eigenvalue weighted by molar-refractivity contribution is 0.295. The third-order valence-electron chi connectivity index (χ3n) is 5.67. The van der Waals surface area contributed by atoms with E-state index in [0.717, 1.165) is 24.3 Å². The number of hydrogen-bond acceptors (Lipinski definition) is 3. The smallest absolute Gasteiger partial charge is 0.193 e. The van der Waals surface area contributed by atoms with Crippen LogP contribution in [0.1, 0.15) is 37.3 Å². The maximum absolute atomic E-state index is 4.55. The molecule has 3 unspecified atom stereocenters. The van der Waals surface area contributed by atoms with Crippen molar-refractivity contribution in [3.05, 3.63) is 18.0 Å². The average Bonchev–Trinajstić information content (AvgIpc) is 3.17. The molecule has 2 fully saturated rings. The number of guanidine groups is 1. The van der Waals surface area contributed by atoms with Gasteiger partial charge in [-0.05, 0) is 38.8 Å². The van der Waals surface area contributed by atoms with Gasteiger partial charge in [-0.2, -0.15) is 5.10 Å². The van der Waals surface area contributed by atoms with E-state index in [2.05, 4.69) is 45.5 Å². The van der Waals surface area contributed by atoms with Gasteiger partial charge in [0.05, 0.1) is 12.2 Å². The van der Waals surface area contributed by atoms with Crippen LogP contribution in [0.15, 0.2) is 17.4 Å². The van der Waals surface area contributed by atoms with Gasteiger partial charge in [0.25, 0.3) is 0 Å². The van der Waals surface area contributed by atoms with Gasteiger partial charge >= 0.3 is 0 Å². The van der Waals surface area contributed by atoms with Crippen LogP contribution >= 0.6 is 24.0 Å². The number of likely N-dealkylation sites (N-methyl/N-ethyl adjacent to an activating group) is 1. The second kappa shape index (κ2) is 9.21. The summed E-state index contributed by atoms with van der Waals surface area (Å²) in [7, 11) is 8.10. The van der Waals surface area contributed by atoms with Crippen molar-refractivity contribution in [2.24, 2.45) is 23.9 Å². The lowest BCUT2D eigenvalue weighted by Crippen LogP contribution is -2.43. The maximum atomic E-state index is 4.55. The Kier molecular flexibility index (Phi) is 7.54. The van der Waals surface area contributed by atoms with Crippen molar-refractivity contribution in [1.82, 2.24) is 24.9 Å². The molecule has 0 aromatic carbocycles. The highest BCUT2D eigenvalue weighted by Gasteiger charge is 2.35. The van der Waals surface area contributed by atoms with Crippen LogP contribution in [0.2, 0.25) is 0 Å². The summed E-state index contributed by atoms with van der Waals surface area (Å²) in [5, 5.41) is 7.92. The number of halogens is 1. The van der Waals surface area contributed by atoms with E-state index in [1.54, 1.807) is 0 Å². The molecule has 0 amide bonds. The summed E-state index contributed by atoms with van der Waals surface area (Å²) in [6.45, 7) is 3.19. The Morgan fingerprint density at radius 3 is 2.44 bits per heavy atom. The highest BCUT2D eigenvalue weighted by molar-refractivity contribution is 14.0. The number of aliphatic imine (C=N–C) groups is 1. The quantitative estimate of drug-likeness (QED) is 0.426. The van der Waals surface area contributed by atoms with E-state index < -0.39 is 0 Å². The van der Waals surface area contributed by atoms with Gasteiger partial charge < -0.3 is 15.1 Å². The van der Waals surface area contributed by atoms with E-state index >= 15 is 0 Å². The summed E-state index contributed by atoms with van der Waals surface area (Å²) >= 11 is 0. The van der Waals surface area contributed by atoms with E-state index in [9.17, 15) is 0 Å². The Bertz CT molecular complexity index is 556. The number of nitrogens with zero attached hydrogens (tertiary/aromatic N) is 5. The Balaban J connectivity index is 0.00000225. The number of nitrogens with one attached hydrogen (secondary N) is 1. The van der Waals surface area contributed by atoms with Crippen LogP contribution in [0.25, 0.3) is 0 Å². The number of hydrogen-bond donors (Lipinski definition) is 1. The van der Waals surface area contributed by atoms with E-state index in [0.29, 0.717) is 6.04 Å². The second-order valence-corrected chi connectivity index (χ2v) is 7.56. The minimum absolute atomic E-state index is 0. The molecule has 1 saturated heterocycles. The normalized spacial score (nSPS) is 24.8. The van der Waals surface area contributed by atoms with Crippen LogP contribution < -0.4 is 5.32 Å². The molecule has 3 atom stereocenters. The van der Waals surface area contributed by atoms with Crippen LogP contribution in [0.3, 0.4) is 0 Å². The topological polar surface area (TPSA) is 48.7 Å². The van der Waals surface area contributed by atoms with Crippen molar-refractivity contribution in [2.45, 2.75) is 31.7 Å². The van der Waals surface area contributed by atoms with Crippen LogP contribution in [-0.4, -0.2) is 66.3 Å². The molecular formula is C18H33IN6. The largest absolute Gasteiger partial charge is 0.354 e. The fourth-order valence-electron chi connectivity index (χ4n) is 4.31. The molecule has 3 rings (SSSR count). The highest BCUT2D eigenvalue weighted by atomic mass is 127. The van der Waals surface area contributed by atoms with E-state index in [-0.39, 0.29) is 24.0 Å². The lowest BCUT2D eigenvalue weighted by atomic mass is 9.82. The average molecular weight is 460 g/mol. The molecule has 0 spiro atoms. The van der Waals surface area contributed by atoms with Gasteiger partial charge in [-0.15, -0.1) is 24.0 Å². The first-order valence-electron chi connectivity index (χ1n) is 9.19. The van der Waals surface area contributed by atoms with Crippen LogP contribution in [0, 0.1) is 11.8 Å². The molecule has 1 aromatic rings. The summed E-state index contributed by atoms with van der Waals surface area (Å²) < 4.78 is 1.87. The van der Waals surface area contributed by atoms with Crippen LogP contribution in [-0.2, 0) is 7.05 Å². The van der Waals surface area contributed by atoms with Gasteiger partial charge in [-0.3, -0.25) is 9.67 Å². The zero-order valence-corrected chi connectivity index (χ0v) is 18.3. The van der Waals surface area contributed by atoms with Gasteiger partial charge in [0.1, 0.15) is 0 Å². The SMILES string of the molecule is CN=C(NCC(c1cnn(C)c1)N(C)C)N1CC2CCCCC2C1.I. The number of fused-ring (bicyclic) bond motifs is 1. The minimum atomic E-state index is 0. The Morgan fingerprint density at radius 2 is 1.96 bits per heavy atom. The van der Waals surface area contributed by atoms with Gasteiger partial charge in [-0.25, -0.2) is 0 Å². The molecule has 1 aliphatic heterocycles. The lowest BCUT2D eigenvalue weighted by Gasteiger charge is -2.27. The molecule has 2 aliphatic rings. The maximum Gasteiger partial charge on any atom is 0.193 e. The van der Waals surface area contributed by atoms with Crippen molar-refractivity contribution < 1.29 is 0 Å². The Hall–Kier alpha value is -0.830. The number of likely N-dealkylation sites (tertiary alicyclic amines) is 1. The molecular weight excluding hydrogens is 427 g/mol. The molecule has 1 N–H and O–H groups in total. The summed E-state index contributed by atoms with van der Waals surface area (Å²) in [5.74, 6) is 2.81. The summed E-state index contributed by atoms with van der Waals surface area (Å²) in [4.78, 5) is 9.26. The van der Waals surface area contributed by atoms with Gasteiger partial charge in [0.2, 0.25) is 0 Å². The van der Waals surface area contributed by atoms with Crippen molar-refractivity contribution >= 4 is 29.9 Å². The van der Waals surface area contributed by atoms with Crippen molar-refractivity contribution in [1.29, 1.82) is 0 Å². The molecule has 1 aliphatic carbocycles. The molecule has 6 nitrogen and oxygen atoms in total. The van der Waals surface area contributed by atoms with Gasteiger partial charge in [0, 0.05) is 45.5 Å². The fourth-order valence-corrected chi connectivity index (χ4v) is 4.31. The standard InChI is InChI=1S/C18H32N6.HI/c1-19-18(24-12-14-7-5-6-8-15(14)13-24)20-10-17(22(2)3)16-9-21-23(4)11-16;/h9,11,14-15,17H,5-8,10,12-13H2,1-4H3,(H,19,20);1H. The highest BCUT2D eigenvalue weighted by Crippen LogP contribution is 2.35. The Morgan fingerprint density at radius 1 is 1.32 bits per heavy atom. The van der Waals surface area contributed by atoms with Crippen molar-refractivity contribution in [3.63, 3.8) is 0 Å².